The summed E-state index contributed by atoms with van der Waals surface area (Å²) >= 11 is 0. The number of carbonyl (C=O) groups excluding carboxylic acids is 2. The maximum absolute atomic E-state index is 13.5. The van der Waals surface area contributed by atoms with Crippen LogP contribution >= 0.6 is 0 Å². The zero-order valence-electron chi connectivity index (χ0n) is 16.6. The van der Waals surface area contributed by atoms with Crippen LogP contribution in [0.1, 0.15) is 23.1 Å². The third kappa shape index (κ3) is 4.01. The van der Waals surface area contributed by atoms with Crippen molar-refractivity contribution in [3.8, 4) is 0 Å². The molecule has 3 aromatic rings. The van der Waals surface area contributed by atoms with Crippen LogP contribution in [0, 0.1) is 25.6 Å². The lowest BCUT2D eigenvalue weighted by Crippen LogP contribution is -2.30. The molecular formula is C23H24FN3O2. The minimum absolute atomic E-state index is 0.0174. The molecule has 5 nitrogen and oxygen atoms in total. The number of fused-ring (bicyclic) bond motifs is 1. The molecule has 1 saturated heterocycles. The number of anilines is 1. The predicted octanol–water partition coefficient (Wildman–Crippen LogP) is 3.95. The SMILES string of the molecule is Cc1ccc(NC(=O)C2CC(=O)N(CCc3c[nH]c4ccc(F)cc34)C2)cc1C. The van der Waals surface area contributed by atoms with Gasteiger partial charge in [-0.25, -0.2) is 4.39 Å². The van der Waals surface area contributed by atoms with Crippen molar-refractivity contribution >= 4 is 28.4 Å². The zero-order valence-corrected chi connectivity index (χ0v) is 16.6. The summed E-state index contributed by atoms with van der Waals surface area (Å²) in [6.45, 7) is 4.95. The molecule has 1 aromatic heterocycles. The van der Waals surface area contributed by atoms with Crippen molar-refractivity contribution in [1.82, 2.24) is 9.88 Å². The fourth-order valence-corrected chi connectivity index (χ4v) is 3.84. The van der Waals surface area contributed by atoms with Crippen molar-refractivity contribution in [3.05, 3.63) is 65.1 Å². The number of aromatic nitrogens is 1. The first-order chi connectivity index (χ1) is 13.9. The highest BCUT2D eigenvalue weighted by Crippen LogP contribution is 2.24. The number of amides is 2. The summed E-state index contributed by atoms with van der Waals surface area (Å²) in [4.78, 5) is 29.9. The van der Waals surface area contributed by atoms with E-state index >= 15 is 0 Å². The lowest BCUT2D eigenvalue weighted by atomic mass is 10.1. The second-order valence-corrected chi connectivity index (χ2v) is 7.78. The number of aromatic amines is 1. The molecule has 2 aromatic carbocycles. The quantitative estimate of drug-likeness (QED) is 0.689. The molecule has 29 heavy (non-hydrogen) atoms. The van der Waals surface area contributed by atoms with Crippen LogP contribution in [0.2, 0.25) is 0 Å². The molecule has 2 amide bonds. The molecule has 0 spiro atoms. The summed E-state index contributed by atoms with van der Waals surface area (Å²) in [5.41, 5.74) is 4.88. The molecule has 150 valence electrons. The minimum Gasteiger partial charge on any atom is -0.361 e. The Balaban J connectivity index is 1.37. The Hall–Kier alpha value is -3.15. The molecule has 1 unspecified atom stereocenters. The Bertz CT molecular complexity index is 1090. The Labute approximate surface area is 168 Å². The number of hydrogen-bond donors (Lipinski definition) is 2. The summed E-state index contributed by atoms with van der Waals surface area (Å²) < 4.78 is 13.5. The molecule has 0 aliphatic carbocycles. The largest absolute Gasteiger partial charge is 0.361 e. The van der Waals surface area contributed by atoms with Gasteiger partial charge in [-0.15, -0.1) is 0 Å². The van der Waals surface area contributed by atoms with Gasteiger partial charge in [0.15, 0.2) is 0 Å². The van der Waals surface area contributed by atoms with Gasteiger partial charge in [-0.05, 0) is 67.3 Å². The summed E-state index contributed by atoms with van der Waals surface area (Å²) in [5.74, 6) is -0.780. The van der Waals surface area contributed by atoms with Crippen LogP contribution in [0.15, 0.2) is 42.6 Å². The van der Waals surface area contributed by atoms with E-state index in [1.807, 2.05) is 38.2 Å². The van der Waals surface area contributed by atoms with Gasteiger partial charge in [-0.1, -0.05) is 6.07 Å². The first kappa shape index (κ1) is 19.2. The number of rotatable bonds is 5. The second kappa shape index (κ2) is 7.70. The monoisotopic (exact) mass is 393 g/mol. The number of likely N-dealkylation sites (tertiary alicyclic amines) is 1. The highest BCUT2D eigenvalue weighted by atomic mass is 19.1. The van der Waals surface area contributed by atoms with E-state index in [1.54, 1.807) is 11.0 Å². The zero-order chi connectivity index (χ0) is 20.5. The van der Waals surface area contributed by atoms with Gasteiger partial charge in [-0.2, -0.15) is 0 Å². The van der Waals surface area contributed by atoms with E-state index in [4.69, 9.17) is 0 Å². The average Bonchev–Trinajstić information content (AvgIpc) is 3.26. The van der Waals surface area contributed by atoms with Gasteiger partial charge < -0.3 is 15.2 Å². The molecule has 0 bridgehead atoms. The second-order valence-electron chi connectivity index (χ2n) is 7.78. The van der Waals surface area contributed by atoms with E-state index in [-0.39, 0.29) is 30.0 Å². The normalized spacial score (nSPS) is 16.6. The Morgan fingerprint density at radius 3 is 2.83 bits per heavy atom. The van der Waals surface area contributed by atoms with E-state index in [0.29, 0.717) is 19.5 Å². The Morgan fingerprint density at radius 1 is 1.21 bits per heavy atom. The molecule has 2 N–H and O–H groups in total. The Morgan fingerprint density at radius 2 is 2.03 bits per heavy atom. The van der Waals surface area contributed by atoms with Crippen molar-refractivity contribution in [3.63, 3.8) is 0 Å². The summed E-state index contributed by atoms with van der Waals surface area (Å²) in [5, 5.41) is 3.76. The van der Waals surface area contributed by atoms with Crippen LogP contribution < -0.4 is 5.32 Å². The molecule has 4 rings (SSSR count). The molecule has 1 aliphatic heterocycles. The van der Waals surface area contributed by atoms with Crippen molar-refractivity contribution in [1.29, 1.82) is 0 Å². The van der Waals surface area contributed by atoms with E-state index < -0.39 is 0 Å². The van der Waals surface area contributed by atoms with Crippen LogP contribution in [-0.4, -0.2) is 34.8 Å². The molecule has 1 aliphatic rings. The van der Waals surface area contributed by atoms with Crippen molar-refractivity contribution < 1.29 is 14.0 Å². The maximum atomic E-state index is 13.5. The minimum atomic E-state index is -0.357. The van der Waals surface area contributed by atoms with Crippen LogP contribution in [0.3, 0.4) is 0 Å². The van der Waals surface area contributed by atoms with Crippen LogP contribution in [0.4, 0.5) is 10.1 Å². The lowest BCUT2D eigenvalue weighted by Gasteiger charge is -2.16. The number of aryl methyl sites for hydroxylation is 2. The average molecular weight is 393 g/mol. The van der Waals surface area contributed by atoms with Crippen LogP contribution in [-0.2, 0) is 16.0 Å². The number of carbonyl (C=O) groups is 2. The van der Waals surface area contributed by atoms with Gasteiger partial charge in [0.1, 0.15) is 5.82 Å². The predicted molar refractivity (Wildman–Crippen MR) is 111 cm³/mol. The smallest absolute Gasteiger partial charge is 0.229 e. The number of nitrogens with zero attached hydrogens (tertiary/aromatic N) is 1. The number of nitrogens with one attached hydrogen (secondary N) is 2. The summed E-state index contributed by atoms with van der Waals surface area (Å²) in [6.07, 6.45) is 2.69. The van der Waals surface area contributed by atoms with E-state index in [1.165, 1.54) is 17.7 Å². The number of halogens is 1. The first-order valence-electron chi connectivity index (χ1n) is 9.82. The molecular weight excluding hydrogens is 369 g/mol. The van der Waals surface area contributed by atoms with Crippen molar-refractivity contribution in [2.75, 3.05) is 18.4 Å². The Kier molecular flexibility index (Phi) is 5.09. The van der Waals surface area contributed by atoms with E-state index in [0.717, 1.165) is 27.7 Å². The molecule has 0 saturated carbocycles. The molecule has 1 atom stereocenters. The first-order valence-corrected chi connectivity index (χ1v) is 9.82. The summed E-state index contributed by atoms with van der Waals surface area (Å²) in [6, 6.07) is 10.4. The molecule has 1 fully saturated rings. The number of benzene rings is 2. The van der Waals surface area contributed by atoms with Gasteiger partial charge in [0.25, 0.3) is 0 Å². The van der Waals surface area contributed by atoms with Gasteiger partial charge in [-0.3, -0.25) is 9.59 Å². The highest BCUT2D eigenvalue weighted by molar-refractivity contribution is 5.97. The highest BCUT2D eigenvalue weighted by Gasteiger charge is 2.34. The van der Waals surface area contributed by atoms with Crippen LogP contribution in [0.5, 0.6) is 0 Å². The maximum Gasteiger partial charge on any atom is 0.229 e. The van der Waals surface area contributed by atoms with Crippen LogP contribution in [0.25, 0.3) is 10.9 Å². The fraction of sp³-hybridized carbons (Fsp3) is 0.304. The lowest BCUT2D eigenvalue weighted by molar-refractivity contribution is -0.128. The standard InChI is InChI=1S/C23H24FN3O2/c1-14-3-5-19(9-15(14)2)26-23(29)17-10-22(28)27(13-17)8-7-16-12-25-21-6-4-18(24)11-20(16)21/h3-6,9,11-12,17,25H,7-8,10,13H2,1-2H3,(H,26,29). The van der Waals surface area contributed by atoms with Crippen molar-refractivity contribution in [2.24, 2.45) is 5.92 Å². The molecule has 6 heteroatoms. The van der Waals surface area contributed by atoms with Crippen molar-refractivity contribution in [2.45, 2.75) is 26.7 Å². The van der Waals surface area contributed by atoms with Gasteiger partial charge in [0.05, 0.1) is 5.92 Å². The fourth-order valence-electron chi connectivity index (χ4n) is 3.84. The van der Waals surface area contributed by atoms with Gasteiger partial charge in [0.2, 0.25) is 11.8 Å². The molecule has 2 heterocycles. The van der Waals surface area contributed by atoms with Gasteiger partial charge >= 0.3 is 0 Å². The third-order valence-electron chi connectivity index (χ3n) is 5.74. The number of hydrogen-bond acceptors (Lipinski definition) is 2. The molecule has 0 radical (unpaired) electrons. The van der Waals surface area contributed by atoms with E-state index in [2.05, 4.69) is 10.3 Å². The summed E-state index contributed by atoms with van der Waals surface area (Å²) in [7, 11) is 0. The van der Waals surface area contributed by atoms with E-state index in [9.17, 15) is 14.0 Å². The van der Waals surface area contributed by atoms with Gasteiger partial charge in [0, 0.05) is 42.3 Å². The third-order valence-corrected chi connectivity index (χ3v) is 5.74. The number of H-pyrrole nitrogens is 1. The topological polar surface area (TPSA) is 65.2 Å².